The summed E-state index contributed by atoms with van der Waals surface area (Å²) in [5, 5.41) is 0.543. The van der Waals surface area contributed by atoms with Crippen molar-refractivity contribution in [1.29, 1.82) is 0 Å². The molecule has 0 aromatic heterocycles. The number of benzene rings is 2. The SMILES string of the molecule is NC(Cc1ccc(Br)cc1Cl)c1cccc(F)c1F. The van der Waals surface area contributed by atoms with Gasteiger partial charge in [0, 0.05) is 21.1 Å². The smallest absolute Gasteiger partial charge is 0.163 e. The lowest BCUT2D eigenvalue weighted by Crippen LogP contribution is -2.16. The third kappa shape index (κ3) is 3.32. The minimum Gasteiger partial charge on any atom is -0.324 e. The predicted octanol–water partition coefficient (Wildman–Crippen LogP) is 4.62. The third-order valence-electron chi connectivity index (χ3n) is 2.84. The van der Waals surface area contributed by atoms with E-state index in [2.05, 4.69) is 15.9 Å². The Kier molecular flexibility index (Phi) is 4.55. The molecule has 0 saturated heterocycles. The Balaban J connectivity index is 2.25. The van der Waals surface area contributed by atoms with Crippen LogP contribution in [0.1, 0.15) is 17.2 Å². The van der Waals surface area contributed by atoms with Crippen molar-refractivity contribution in [3.8, 4) is 0 Å². The van der Waals surface area contributed by atoms with E-state index in [0.717, 1.165) is 16.1 Å². The van der Waals surface area contributed by atoms with E-state index in [1.54, 1.807) is 6.07 Å². The van der Waals surface area contributed by atoms with Crippen molar-refractivity contribution in [2.24, 2.45) is 5.73 Å². The van der Waals surface area contributed by atoms with Gasteiger partial charge in [-0.05, 0) is 30.2 Å². The second kappa shape index (κ2) is 5.99. The van der Waals surface area contributed by atoms with E-state index in [1.807, 2.05) is 12.1 Å². The van der Waals surface area contributed by atoms with Gasteiger partial charge in [-0.1, -0.05) is 45.7 Å². The first-order valence-electron chi connectivity index (χ1n) is 5.62. The van der Waals surface area contributed by atoms with E-state index in [9.17, 15) is 8.78 Å². The highest BCUT2D eigenvalue weighted by atomic mass is 79.9. The number of nitrogens with two attached hydrogens (primary N) is 1. The van der Waals surface area contributed by atoms with E-state index < -0.39 is 17.7 Å². The number of rotatable bonds is 3. The van der Waals surface area contributed by atoms with Gasteiger partial charge >= 0.3 is 0 Å². The van der Waals surface area contributed by atoms with E-state index in [-0.39, 0.29) is 5.56 Å². The van der Waals surface area contributed by atoms with Crippen molar-refractivity contribution in [1.82, 2.24) is 0 Å². The Hall–Kier alpha value is -0.970. The topological polar surface area (TPSA) is 26.0 Å². The van der Waals surface area contributed by atoms with Crippen LogP contribution in [0.15, 0.2) is 40.9 Å². The zero-order valence-electron chi connectivity index (χ0n) is 9.84. The van der Waals surface area contributed by atoms with Gasteiger partial charge in [0.25, 0.3) is 0 Å². The molecule has 0 fully saturated rings. The lowest BCUT2D eigenvalue weighted by atomic mass is 9.99. The molecule has 2 N–H and O–H groups in total. The largest absolute Gasteiger partial charge is 0.324 e. The van der Waals surface area contributed by atoms with Crippen molar-refractivity contribution in [3.63, 3.8) is 0 Å². The average molecular weight is 347 g/mol. The Bertz CT molecular complexity index is 604. The second-order valence-electron chi connectivity index (χ2n) is 4.19. The van der Waals surface area contributed by atoms with Gasteiger partial charge in [-0.2, -0.15) is 0 Å². The maximum Gasteiger partial charge on any atom is 0.163 e. The van der Waals surface area contributed by atoms with Crippen LogP contribution in [0, 0.1) is 11.6 Å². The molecule has 0 heterocycles. The van der Waals surface area contributed by atoms with Crippen LogP contribution >= 0.6 is 27.5 Å². The van der Waals surface area contributed by atoms with Gasteiger partial charge in [0.05, 0.1) is 0 Å². The van der Waals surface area contributed by atoms with Gasteiger partial charge in [-0.25, -0.2) is 8.78 Å². The molecule has 0 aliphatic rings. The monoisotopic (exact) mass is 345 g/mol. The van der Waals surface area contributed by atoms with Gasteiger partial charge in [0.1, 0.15) is 0 Å². The third-order valence-corrected chi connectivity index (χ3v) is 3.68. The van der Waals surface area contributed by atoms with Crippen molar-refractivity contribution in [2.45, 2.75) is 12.5 Å². The fourth-order valence-electron chi connectivity index (χ4n) is 1.84. The molecule has 0 radical (unpaired) electrons. The molecule has 1 unspecified atom stereocenters. The molecule has 100 valence electrons. The van der Waals surface area contributed by atoms with Crippen LogP contribution in [0.2, 0.25) is 5.02 Å². The summed E-state index contributed by atoms with van der Waals surface area (Å²) in [6, 6.07) is 8.73. The molecular weight excluding hydrogens is 336 g/mol. The van der Waals surface area contributed by atoms with Crippen molar-refractivity contribution >= 4 is 27.5 Å². The van der Waals surface area contributed by atoms with Crippen LogP contribution in [-0.2, 0) is 6.42 Å². The van der Waals surface area contributed by atoms with Crippen LogP contribution in [0.4, 0.5) is 8.78 Å². The Morgan fingerprint density at radius 1 is 1.21 bits per heavy atom. The van der Waals surface area contributed by atoms with Gasteiger partial charge in [0.2, 0.25) is 0 Å². The fourth-order valence-corrected chi connectivity index (χ4v) is 2.59. The molecule has 19 heavy (non-hydrogen) atoms. The lowest BCUT2D eigenvalue weighted by Gasteiger charge is -2.14. The zero-order valence-corrected chi connectivity index (χ0v) is 12.2. The molecule has 2 aromatic carbocycles. The second-order valence-corrected chi connectivity index (χ2v) is 5.51. The average Bonchev–Trinajstić information content (AvgIpc) is 2.36. The fraction of sp³-hybridized carbons (Fsp3) is 0.143. The highest BCUT2D eigenvalue weighted by Crippen LogP contribution is 2.26. The van der Waals surface area contributed by atoms with Crippen LogP contribution in [0.5, 0.6) is 0 Å². The van der Waals surface area contributed by atoms with Crippen molar-refractivity contribution < 1.29 is 8.78 Å². The number of hydrogen-bond donors (Lipinski definition) is 1. The summed E-state index contributed by atoms with van der Waals surface area (Å²) in [5.41, 5.74) is 6.87. The summed E-state index contributed by atoms with van der Waals surface area (Å²) in [6.45, 7) is 0. The minimum atomic E-state index is -0.900. The standard InChI is InChI=1S/C14H11BrClF2N/c15-9-5-4-8(11(16)7-9)6-13(19)10-2-1-3-12(17)14(10)18/h1-5,7,13H,6,19H2. The summed E-state index contributed by atoms with van der Waals surface area (Å²) >= 11 is 9.38. The van der Waals surface area contributed by atoms with Crippen molar-refractivity contribution in [3.05, 3.63) is 68.7 Å². The molecule has 1 nitrogen and oxygen atoms in total. The highest BCUT2D eigenvalue weighted by Gasteiger charge is 2.16. The minimum absolute atomic E-state index is 0.152. The first kappa shape index (κ1) is 14.4. The Labute approximate surface area is 123 Å². The van der Waals surface area contributed by atoms with Gasteiger partial charge < -0.3 is 5.73 Å². The molecule has 0 bridgehead atoms. The summed E-state index contributed by atoms with van der Waals surface area (Å²) in [6.07, 6.45) is 0.340. The van der Waals surface area contributed by atoms with Crippen LogP contribution in [0.25, 0.3) is 0 Å². The van der Waals surface area contributed by atoms with E-state index in [0.29, 0.717) is 11.4 Å². The maximum absolute atomic E-state index is 13.6. The number of hydrogen-bond acceptors (Lipinski definition) is 1. The van der Waals surface area contributed by atoms with E-state index in [4.69, 9.17) is 17.3 Å². The van der Waals surface area contributed by atoms with E-state index >= 15 is 0 Å². The zero-order chi connectivity index (χ0) is 14.0. The predicted molar refractivity (Wildman–Crippen MR) is 76.1 cm³/mol. The summed E-state index contributed by atoms with van der Waals surface area (Å²) < 4.78 is 27.6. The quantitative estimate of drug-likeness (QED) is 0.862. The van der Waals surface area contributed by atoms with Gasteiger partial charge in [0.15, 0.2) is 11.6 Å². The first-order chi connectivity index (χ1) is 8.99. The lowest BCUT2D eigenvalue weighted by molar-refractivity contribution is 0.488. The molecule has 5 heteroatoms. The van der Waals surface area contributed by atoms with E-state index in [1.165, 1.54) is 12.1 Å². The van der Waals surface area contributed by atoms with Gasteiger partial charge in [-0.3, -0.25) is 0 Å². The van der Waals surface area contributed by atoms with Crippen LogP contribution < -0.4 is 5.73 Å². The molecule has 0 spiro atoms. The summed E-state index contributed by atoms with van der Waals surface area (Å²) in [4.78, 5) is 0. The Morgan fingerprint density at radius 3 is 2.63 bits per heavy atom. The number of halogens is 4. The molecular formula is C14H11BrClF2N. The molecule has 1 atom stereocenters. The molecule has 0 amide bonds. The summed E-state index contributed by atoms with van der Waals surface area (Å²) in [7, 11) is 0. The molecule has 0 saturated carbocycles. The summed E-state index contributed by atoms with van der Waals surface area (Å²) in [5.74, 6) is -1.79. The maximum atomic E-state index is 13.6. The Morgan fingerprint density at radius 2 is 1.95 bits per heavy atom. The molecule has 2 aromatic rings. The molecule has 2 rings (SSSR count). The normalized spacial score (nSPS) is 12.5. The van der Waals surface area contributed by atoms with Crippen molar-refractivity contribution in [2.75, 3.05) is 0 Å². The molecule has 0 aliphatic heterocycles. The van der Waals surface area contributed by atoms with Crippen LogP contribution in [0.3, 0.4) is 0 Å². The first-order valence-corrected chi connectivity index (χ1v) is 6.79. The van der Waals surface area contributed by atoms with Crippen LogP contribution in [-0.4, -0.2) is 0 Å². The van der Waals surface area contributed by atoms with Gasteiger partial charge in [-0.15, -0.1) is 0 Å². The highest BCUT2D eigenvalue weighted by molar-refractivity contribution is 9.10. The molecule has 0 aliphatic carbocycles.